The minimum Gasteiger partial charge on any atom is -0.393 e. The highest BCUT2D eigenvalue weighted by molar-refractivity contribution is 5.93. The van der Waals surface area contributed by atoms with Gasteiger partial charge < -0.3 is 15.0 Å². The van der Waals surface area contributed by atoms with E-state index >= 15 is 0 Å². The maximum absolute atomic E-state index is 12.0. The van der Waals surface area contributed by atoms with Crippen LogP contribution in [0, 0.1) is 10.1 Å². The molecule has 0 aliphatic heterocycles. The fourth-order valence-corrected chi connectivity index (χ4v) is 1.86. The molecule has 1 unspecified atom stereocenters. The molecule has 1 atom stereocenters. The third kappa shape index (κ3) is 4.34. The molecule has 0 radical (unpaired) electrons. The number of nitro groups is 1. The molecule has 0 saturated carbocycles. The maximum atomic E-state index is 12.0. The molecule has 0 saturated heterocycles. The molecule has 0 aliphatic carbocycles. The van der Waals surface area contributed by atoms with E-state index in [0.29, 0.717) is 25.9 Å². The summed E-state index contributed by atoms with van der Waals surface area (Å²) >= 11 is 0. The summed E-state index contributed by atoms with van der Waals surface area (Å²) in [6.07, 6.45) is 2.82. The lowest BCUT2D eigenvalue weighted by Gasteiger charge is -2.10. The zero-order valence-corrected chi connectivity index (χ0v) is 11.8. The molecule has 1 aromatic heterocycles. The lowest BCUT2D eigenvalue weighted by Crippen LogP contribution is -2.28. The molecular weight excluding hydrogens is 262 g/mol. The Kier molecular flexibility index (Phi) is 6.17. The van der Waals surface area contributed by atoms with Gasteiger partial charge in [-0.2, -0.15) is 0 Å². The van der Waals surface area contributed by atoms with Gasteiger partial charge in [0.15, 0.2) is 0 Å². The predicted octanol–water partition coefficient (Wildman–Crippen LogP) is 1.70. The molecule has 0 spiro atoms. The van der Waals surface area contributed by atoms with Crippen LogP contribution in [0.15, 0.2) is 12.3 Å². The monoisotopic (exact) mass is 283 g/mol. The number of rotatable bonds is 8. The summed E-state index contributed by atoms with van der Waals surface area (Å²) in [5.41, 5.74) is 0.196. The molecule has 1 heterocycles. The number of aromatic nitrogens is 1. The average molecular weight is 283 g/mol. The van der Waals surface area contributed by atoms with Gasteiger partial charge in [-0.1, -0.05) is 13.8 Å². The van der Waals surface area contributed by atoms with Crippen molar-refractivity contribution in [3.8, 4) is 0 Å². The molecule has 0 bridgehead atoms. The van der Waals surface area contributed by atoms with E-state index in [1.165, 1.54) is 12.3 Å². The first-order valence-electron chi connectivity index (χ1n) is 6.80. The number of carbonyl (C=O) groups is 1. The molecule has 0 fully saturated rings. The molecule has 20 heavy (non-hydrogen) atoms. The summed E-state index contributed by atoms with van der Waals surface area (Å²) in [6, 6.07) is 1.28. The van der Waals surface area contributed by atoms with Crippen molar-refractivity contribution in [3.05, 3.63) is 28.1 Å². The number of aliphatic hydroxyl groups is 1. The molecular formula is C13H21N3O4. The summed E-state index contributed by atoms with van der Waals surface area (Å²) in [6.45, 7) is 4.69. The van der Waals surface area contributed by atoms with Gasteiger partial charge in [-0.3, -0.25) is 14.9 Å². The number of aryl methyl sites for hydroxylation is 1. The molecule has 1 aromatic rings. The Morgan fingerprint density at radius 2 is 2.25 bits per heavy atom. The van der Waals surface area contributed by atoms with Crippen LogP contribution in [0.1, 0.15) is 43.6 Å². The summed E-state index contributed by atoms with van der Waals surface area (Å²) in [7, 11) is 0. The Hall–Kier alpha value is -1.89. The van der Waals surface area contributed by atoms with Crippen LogP contribution in [0.25, 0.3) is 0 Å². The van der Waals surface area contributed by atoms with Crippen LogP contribution in [0.5, 0.6) is 0 Å². The highest BCUT2D eigenvalue weighted by atomic mass is 16.6. The number of carbonyl (C=O) groups excluding carboxylic acids is 1. The van der Waals surface area contributed by atoms with Gasteiger partial charge in [-0.15, -0.1) is 0 Å². The minimum absolute atomic E-state index is 0.0859. The van der Waals surface area contributed by atoms with Gasteiger partial charge in [0.2, 0.25) is 0 Å². The van der Waals surface area contributed by atoms with Gasteiger partial charge in [0.25, 0.3) is 11.6 Å². The van der Waals surface area contributed by atoms with Gasteiger partial charge in [-0.05, 0) is 19.3 Å². The van der Waals surface area contributed by atoms with Crippen LogP contribution < -0.4 is 5.32 Å². The zero-order valence-electron chi connectivity index (χ0n) is 11.8. The first-order chi connectivity index (χ1) is 9.49. The molecule has 0 aromatic carbocycles. The van der Waals surface area contributed by atoms with Gasteiger partial charge >= 0.3 is 0 Å². The van der Waals surface area contributed by atoms with Crippen LogP contribution in [0.2, 0.25) is 0 Å². The van der Waals surface area contributed by atoms with Gasteiger partial charge in [-0.25, -0.2) is 0 Å². The van der Waals surface area contributed by atoms with Crippen molar-refractivity contribution < 1.29 is 14.8 Å². The van der Waals surface area contributed by atoms with Crippen molar-refractivity contribution in [1.29, 1.82) is 0 Å². The van der Waals surface area contributed by atoms with Crippen molar-refractivity contribution in [3.63, 3.8) is 0 Å². The van der Waals surface area contributed by atoms with E-state index in [-0.39, 0.29) is 17.3 Å². The van der Waals surface area contributed by atoms with Crippen molar-refractivity contribution >= 4 is 11.6 Å². The van der Waals surface area contributed by atoms with E-state index in [1.807, 2.05) is 13.8 Å². The first kappa shape index (κ1) is 16.2. The van der Waals surface area contributed by atoms with Crippen LogP contribution >= 0.6 is 0 Å². The summed E-state index contributed by atoms with van der Waals surface area (Å²) in [5.74, 6) is -0.352. The molecule has 1 amide bonds. The second-order valence-corrected chi connectivity index (χ2v) is 4.64. The van der Waals surface area contributed by atoms with E-state index in [4.69, 9.17) is 0 Å². The normalized spacial score (nSPS) is 12.2. The number of aliphatic hydroxyl groups excluding tert-OH is 1. The smallest absolute Gasteiger partial charge is 0.287 e. The molecule has 7 heteroatoms. The molecule has 112 valence electrons. The zero-order chi connectivity index (χ0) is 15.1. The highest BCUT2D eigenvalue weighted by Crippen LogP contribution is 2.17. The van der Waals surface area contributed by atoms with E-state index < -0.39 is 11.0 Å². The Balaban J connectivity index is 2.72. The SMILES string of the molecule is CCCn1cc([N+](=O)[O-])cc1C(=O)NCCC(O)CC. The predicted molar refractivity (Wildman–Crippen MR) is 74.6 cm³/mol. The van der Waals surface area contributed by atoms with E-state index in [2.05, 4.69) is 5.32 Å². The van der Waals surface area contributed by atoms with Crippen LogP contribution in [-0.2, 0) is 6.54 Å². The average Bonchev–Trinajstić information content (AvgIpc) is 2.83. The van der Waals surface area contributed by atoms with Crippen LogP contribution in [0.4, 0.5) is 5.69 Å². The maximum Gasteiger partial charge on any atom is 0.287 e. The summed E-state index contributed by atoms with van der Waals surface area (Å²) < 4.78 is 1.59. The highest BCUT2D eigenvalue weighted by Gasteiger charge is 2.18. The van der Waals surface area contributed by atoms with E-state index in [0.717, 1.165) is 6.42 Å². The number of amides is 1. The minimum atomic E-state index is -0.510. The quantitative estimate of drug-likeness (QED) is 0.560. The van der Waals surface area contributed by atoms with Crippen molar-refractivity contribution in [1.82, 2.24) is 9.88 Å². The third-order valence-corrected chi connectivity index (χ3v) is 3.02. The van der Waals surface area contributed by atoms with E-state index in [9.17, 15) is 20.0 Å². The molecule has 1 rings (SSSR count). The van der Waals surface area contributed by atoms with E-state index in [1.54, 1.807) is 4.57 Å². The van der Waals surface area contributed by atoms with Crippen molar-refractivity contribution in [2.24, 2.45) is 0 Å². The number of hydrogen-bond donors (Lipinski definition) is 2. The number of nitrogens with one attached hydrogen (secondary N) is 1. The largest absolute Gasteiger partial charge is 0.393 e. The fourth-order valence-electron chi connectivity index (χ4n) is 1.86. The Bertz CT molecular complexity index is 470. The Morgan fingerprint density at radius 1 is 1.55 bits per heavy atom. The van der Waals surface area contributed by atoms with Crippen LogP contribution in [0.3, 0.4) is 0 Å². The van der Waals surface area contributed by atoms with Gasteiger partial charge in [0, 0.05) is 19.2 Å². The number of nitrogens with zero attached hydrogens (tertiary/aromatic N) is 2. The molecule has 0 aliphatic rings. The van der Waals surface area contributed by atoms with Crippen molar-refractivity contribution in [2.75, 3.05) is 6.54 Å². The summed E-state index contributed by atoms with van der Waals surface area (Å²) in [4.78, 5) is 22.3. The lowest BCUT2D eigenvalue weighted by atomic mass is 10.2. The first-order valence-corrected chi connectivity index (χ1v) is 6.80. The second kappa shape index (κ2) is 7.64. The summed E-state index contributed by atoms with van der Waals surface area (Å²) in [5, 5.41) is 22.8. The van der Waals surface area contributed by atoms with Crippen LogP contribution in [-0.4, -0.2) is 33.2 Å². The standard InChI is InChI=1S/C13H21N3O4/c1-3-7-15-9-10(16(19)20)8-12(15)13(18)14-6-5-11(17)4-2/h8-9,11,17H,3-7H2,1-2H3,(H,14,18). The fraction of sp³-hybridized carbons (Fsp3) is 0.615. The van der Waals surface area contributed by atoms with Gasteiger partial charge in [0.1, 0.15) is 5.69 Å². The Labute approximate surface area is 117 Å². The van der Waals surface area contributed by atoms with Gasteiger partial charge in [0.05, 0.1) is 17.2 Å². The lowest BCUT2D eigenvalue weighted by molar-refractivity contribution is -0.384. The molecule has 2 N–H and O–H groups in total. The Morgan fingerprint density at radius 3 is 2.80 bits per heavy atom. The van der Waals surface area contributed by atoms with Crippen molar-refractivity contribution in [2.45, 2.75) is 45.8 Å². The second-order valence-electron chi connectivity index (χ2n) is 4.64. The molecule has 7 nitrogen and oxygen atoms in total. The topological polar surface area (TPSA) is 97.4 Å². The number of hydrogen-bond acceptors (Lipinski definition) is 4. The third-order valence-electron chi connectivity index (χ3n) is 3.02.